The summed E-state index contributed by atoms with van der Waals surface area (Å²) in [4.78, 5) is 0. The Morgan fingerprint density at radius 1 is 0.170 bits per heavy atom. The number of hydrogen-bond acceptors (Lipinski definition) is 0. The van der Waals surface area contributed by atoms with Gasteiger partial charge in [-0.1, -0.05) is 271 Å². The van der Waals surface area contributed by atoms with Crippen molar-refractivity contribution >= 4 is 7.26 Å². The summed E-state index contributed by atoms with van der Waals surface area (Å²) < 4.78 is 0. The van der Waals surface area contributed by atoms with Gasteiger partial charge in [0.05, 0.1) is 18.5 Å². The minimum atomic E-state index is -0.729. The lowest BCUT2D eigenvalue weighted by molar-refractivity contribution is 0.533. The van der Waals surface area contributed by atoms with E-state index in [2.05, 4.69) is 27.4 Å². The highest BCUT2D eigenvalue weighted by molar-refractivity contribution is 7.75. The van der Waals surface area contributed by atoms with Gasteiger partial charge >= 0.3 is 0 Å². The van der Waals surface area contributed by atoms with E-state index >= 15 is 0 Å². The van der Waals surface area contributed by atoms with Crippen LogP contribution in [0, 0.1) is 0 Å². The molecule has 0 rings (SSSR count). The molecule has 53 heavy (non-hydrogen) atoms. The third-order valence-electron chi connectivity index (χ3n) is 12.9. The standard InChI is InChI=1S/C52H108P/c1-5-8-11-14-17-20-23-26-29-32-35-38-41-44-47-50-53(4,51-48-45-42-39-36-33-30-27-24-21-18-15-12-9-6-2)52-49-46-43-40-37-34-31-28-25-22-19-16-13-10-7-3/h5-52H2,1-4H3/q+1. The lowest BCUT2D eigenvalue weighted by Crippen LogP contribution is -2.08. The summed E-state index contributed by atoms with van der Waals surface area (Å²) in [5, 5.41) is 0. The minimum absolute atomic E-state index is 0.729. The molecule has 0 N–H and O–H groups in total. The molecule has 0 aromatic carbocycles. The van der Waals surface area contributed by atoms with Crippen molar-refractivity contribution in [2.45, 2.75) is 310 Å². The van der Waals surface area contributed by atoms with Crippen LogP contribution in [0.3, 0.4) is 0 Å². The van der Waals surface area contributed by atoms with E-state index in [-0.39, 0.29) is 0 Å². The fourth-order valence-electron chi connectivity index (χ4n) is 8.93. The molecule has 0 fully saturated rings. The van der Waals surface area contributed by atoms with Gasteiger partial charge in [0.2, 0.25) is 0 Å². The van der Waals surface area contributed by atoms with E-state index in [1.165, 1.54) is 270 Å². The van der Waals surface area contributed by atoms with Gasteiger partial charge in [0.15, 0.2) is 0 Å². The predicted molar refractivity (Wildman–Crippen MR) is 252 cm³/mol. The maximum absolute atomic E-state index is 2.81. The average Bonchev–Trinajstić information content (AvgIpc) is 3.16. The summed E-state index contributed by atoms with van der Waals surface area (Å²) in [6.45, 7) is 9.78. The molecule has 0 aromatic rings. The molecule has 1 heteroatoms. The van der Waals surface area contributed by atoms with Crippen LogP contribution in [0.4, 0.5) is 0 Å². The molecule has 0 aromatic heterocycles. The van der Waals surface area contributed by atoms with Crippen LogP contribution in [0.15, 0.2) is 0 Å². The lowest BCUT2D eigenvalue weighted by Gasteiger charge is -2.24. The van der Waals surface area contributed by atoms with Gasteiger partial charge in [-0.25, -0.2) is 0 Å². The topological polar surface area (TPSA) is 0 Å². The maximum atomic E-state index is 2.81. The van der Waals surface area contributed by atoms with Gasteiger partial charge < -0.3 is 0 Å². The van der Waals surface area contributed by atoms with Crippen LogP contribution >= 0.6 is 7.26 Å². The van der Waals surface area contributed by atoms with Crippen LogP contribution in [-0.4, -0.2) is 25.2 Å². The van der Waals surface area contributed by atoms with E-state index in [1.807, 2.05) is 0 Å². The molecule has 0 radical (unpaired) electrons. The van der Waals surface area contributed by atoms with Gasteiger partial charge in [-0.05, 0) is 38.5 Å². The van der Waals surface area contributed by atoms with Gasteiger partial charge in [-0.3, -0.25) is 0 Å². The molecule has 0 saturated carbocycles. The Morgan fingerprint density at radius 2 is 0.283 bits per heavy atom. The predicted octanol–water partition coefficient (Wildman–Crippen LogP) is 20.2. The van der Waals surface area contributed by atoms with Crippen LogP contribution in [0.25, 0.3) is 0 Å². The van der Waals surface area contributed by atoms with E-state index in [1.54, 1.807) is 37.7 Å². The first-order valence-corrected chi connectivity index (χ1v) is 28.8. The maximum Gasteiger partial charge on any atom is 0.0591 e. The van der Waals surface area contributed by atoms with E-state index in [0.29, 0.717) is 0 Å². The van der Waals surface area contributed by atoms with Gasteiger partial charge in [-0.2, -0.15) is 0 Å². The molecular formula is C52H108P+. The molecule has 0 aliphatic heterocycles. The summed E-state index contributed by atoms with van der Waals surface area (Å²) >= 11 is 0. The van der Waals surface area contributed by atoms with E-state index in [4.69, 9.17) is 0 Å². The highest BCUT2D eigenvalue weighted by Gasteiger charge is 2.29. The molecule has 0 heterocycles. The van der Waals surface area contributed by atoms with Crippen LogP contribution in [0.5, 0.6) is 0 Å². The summed E-state index contributed by atoms with van der Waals surface area (Å²) in [5.74, 6) is 0. The van der Waals surface area contributed by atoms with Crippen molar-refractivity contribution in [1.29, 1.82) is 0 Å². The Bertz CT molecular complexity index is 543. The molecular weight excluding hydrogens is 656 g/mol. The molecule has 0 nitrogen and oxygen atoms in total. The summed E-state index contributed by atoms with van der Waals surface area (Å²) in [5.41, 5.74) is 0. The second-order valence-electron chi connectivity index (χ2n) is 18.6. The van der Waals surface area contributed by atoms with Crippen molar-refractivity contribution in [2.24, 2.45) is 0 Å². The quantitative estimate of drug-likeness (QED) is 0.0428. The Hall–Kier alpha value is 0.430. The van der Waals surface area contributed by atoms with Gasteiger partial charge in [0.25, 0.3) is 0 Å². The van der Waals surface area contributed by atoms with Gasteiger partial charge in [-0.15, -0.1) is 0 Å². The Balaban J connectivity index is 4.07. The average molecular weight is 764 g/mol. The van der Waals surface area contributed by atoms with Gasteiger partial charge in [0, 0.05) is 13.9 Å². The second kappa shape index (κ2) is 46.8. The highest BCUT2D eigenvalue weighted by Crippen LogP contribution is 2.57. The van der Waals surface area contributed by atoms with Crippen LogP contribution in [0.1, 0.15) is 310 Å². The zero-order valence-electron chi connectivity index (χ0n) is 38.4. The molecule has 0 unspecified atom stereocenters. The van der Waals surface area contributed by atoms with Crippen LogP contribution in [0.2, 0.25) is 0 Å². The minimum Gasteiger partial charge on any atom is -0.0654 e. The fourth-order valence-corrected chi connectivity index (χ4v) is 12.6. The SMILES string of the molecule is CCCCCCCCCCCCCCCCC[P+](C)(CCCCCCCCCCCCCCCCC)CCCCCCCCCCCCCCCCC. The smallest absolute Gasteiger partial charge is 0.0591 e. The number of hydrogen-bond donors (Lipinski definition) is 0. The van der Waals surface area contributed by atoms with Crippen molar-refractivity contribution in [3.05, 3.63) is 0 Å². The normalized spacial score (nSPS) is 12.0. The Labute approximate surface area is 340 Å². The first kappa shape index (κ1) is 53.4. The van der Waals surface area contributed by atoms with Crippen molar-refractivity contribution < 1.29 is 0 Å². The molecule has 0 amide bonds. The van der Waals surface area contributed by atoms with Crippen molar-refractivity contribution in [1.82, 2.24) is 0 Å². The molecule has 0 aliphatic carbocycles. The molecule has 0 saturated heterocycles. The molecule has 0 bridgehead atoms. The van der Waals surface area contributed by atoms with Crippen molar-refractivity contribution in [3.8, 4) is 0 Å². The van der Waals surface area contributed by atoms with E-state index in [9.17, 15) is 0 Å². The Morgan fingerprint density at radius 3 is 0.415 bits per heavy atom. The zero-order chi connectivity index (χ0) is 38.4. The Kier molecular flexibility index (Phi) is 47.2. The molecule has 0 atom stereocenters. The lowest BCUT2D eigenvalue weighted by atomic mass is 10.0. The largest absolute Gasteiger partial charge is 0.0654 e. The first-order chi connectivity index (χ1) is 26.2. The third-order valence-corrected chi connectivity index (χ3v) is 17.1. The van der Waals surface area contributed by atoms with Crippen molar-refractivity contribution in [3.63, 3.8) is 0 Å². The highest BCUT2D eigenvalue weighted by atomic mass is 31.2. The fraction of sp³-hybridized carbons (Fsp3) is 1.00. The van der Waals surface area contributed by atoms with Crippen molar-refractivity contribution in [2.75, 3.05) is 25.2 Å². The molecule has 320 valence electrons. The summed E-state index contributed by atoms with van der Waals surface area (Å²) in [7, 11) is -0.729. The summed E-state index contributed by atoms with van der Waals surface area (Å²) in [6.07, 6.45) is 71.8. The van der Waals surface area contributed by atoms with E-state index < -0.39 is 7.26 Å². The first-order valence-electron chi connectivity index (χ1n) is 26.0. The molecule has 0 aliphatic rings. The zero-order valence-corrected chi connectivity index (χ0v) is 39.3. The third kappa shape index (κ3) is 45.0. The van der Waals surface area contributed by atoms with E-state index in [0.717, 1.165) is 0 Å². The number of rotatable bonds is 48. The number of unbranched alkanes of at least 4 members (excludes halogenated alkanes) is 42. The summed E-state index contributed by atoms with van der Waals surface area (Å²) in [6, 6.07) is 0. The van der Waals surface area contributed by atoms with Crippen LogP contribution < -0.4 is 0 Å². The van der Waals surface area contributed by atoms with Crippen LogP contribution in [-0.2, 0) is 0 Å². The van der Waals surface area contributed by atoms with Gasteiger partial charge in [0.1, 0.15) is 0 Å². The second-order valence-corrected chi connectivity index (χ2v) is 23.2. The molecule has 0 spiro atoms. The monoisotopic (exact) mass is 764 g/mol.